The topological polar surface area (TPSA) is 75.7 Å². The highest BCUT2D eigenvalue weighted by Gasteiger charge is 2.37. The molecule has 35 heavy (non-hydrogen) atoms. The molecule has 4 rings (SSSR count). The predicted molar refractivity (Wildman–Crippen MR) is 142 cm³/mol. The molecule has 1 fully saturated rings. The highest BCUT2D eigenvalue weighted by Crippen LogP contribution is 2.30. The van der Waals surface area contributed by atoms with Crippen LogP contribution < -0.4 is 15.0 Å². The summed E-state index contributed by atoms with van der Waals surface area (Å²) in [6, 6.07) is 15.8. The molecule has 6 nitrogen and oxygen atoms in total. The molecule has 4 amide bonds. The smallest absolute Gasteiger partial charge is 0.335 e. The molecule has 1 N–H and O–H groups in total. The van der Waals surface area contributed by atoms with E-state index in [9.17, 15) is 14.4 Å². The van der Waals surface area contributed by atoms with E-state index in [0.29, 0.717) is 29.2 Å². The summed E-state index contributed by atoms with van der Waals surface area (Å²) in [5.74, 6) is -0.960. The summed E-state index contributed by atoms with van der Waals surface area (Å²) in [5, 5.41) is 2.27. The van der Waals surface area contributed by atoms with Crippen LogP contribution in [0, 0.1) is 20.8 Å². The number of nitrogens with zero attached hydrogens (tertiary/aromatic N) is 1. The van der Waals surface area contributed by atoms with Crippen molar-refractivity contribution >= 4 is 61.5 Å². The summed E-state index contributed by atoms with van der Waals surface area (Å²) in [5.41, 5.74) is 4.84. The molecule has 0 radical (unpaired) electrons. The number of ether oxygens (including phenoxy) is 1. The van der Waals surface area contributed by atoms with Crippen molar-refractivity contribution in [3.8, 4) is 5.75 Å². The van der Waals surface area contributed by atoms with Gasteiger partial charge in [0.1, 0.15) is 17.9 Å². The van der Waals surface area contributed by atoms with Gasteiger partial charge in [0, 0.05) is 14.5 Å². The lowest BCUT2D eigenvalue weighted by molar-refractivity contribution is -0.122. The van der Waals surface area contributed by atoms with Gasteiger partial charge < -0.3 is 4.74 Å². The van der Waals surface area contributed by atoms with Gasteiger partial charge in [0.25, 0.3) is 11.8 Å². The third kappa shape index (κ3) is 5.39. The second-order valence-electron chi connectivity index (χ2n) is 8.28. The molecule has 0 aliphatic carbocycles. The molecule has 1 heterocycles. The number of anilines is 1. The van der Waals surface area contributed by atoms with Crippen molar-refractivity contribution in [2.24, 2.45) is 0 Å². The normalized spacial score (nSPS) is 14.9. The number of hydrogen-bond acceptors (Lipinski definition) is 4. The number of aryl methyl sites for hydroxylation is 3. The van der Waals surface area contributed by atoms with Crippen LogP contribution in [0.2, 0.25) is 0 Å². The Morgan fingerprint density at radius 2 is 1.57 bits per heavy atom. The molecule has 178 valence electrons. The van der Waals surface area contributed by atoms with Crippen molar-refractivity contribution in [2.75, 3.05) is 4.90 Å². The summed E-state index contributed by atoms with van der Waals surface area (Å²) >= 11 is 6.82. The van der Waals surface area contributed by atoms with Crippen LogP contribution in [0.3, 0.4) is 0 Å². The fourth-order valence-electron chi connectivity index (χ4n) is 3.72. The molecule has 1 aliphatic heterocycles. The van der Waals surface area contributed by atoms with E-state index in [1.807, 2.05) is 25.1 Å². The zero-order chi connectivity index (χ0) is 25.3. The number of halogens is 2. The van der Waals surface area contributed by atoms with Gasteiger partial charge in [-0.2, -0.15) is 0 Å². The van der Waals surface area contributed by atoms with Gasteiger partial charge in [-0.3, -0.25) is 14.9 Å². The number of hydrogen-bond donors (Lipinski definition) is 1. The number of carbonyl (C=O) groups excluding carboxylic acids is 3. The fourth-order valence-corrected chi connectivity index (χ4v) is 4.57. The fraction of sp³-hybridized carbons (Fsp3) is 0.148. The number of rotatable bonds is 5. The van der Waals surface area contributed by atoms with Crippen LogP contribution in [0.15, 0.2) is 69.1 Å². The quantitative estimate of drug-likeness (QED) is 0.273. The molecule has 0 saturated carbocycles. The minimum Gasteiger partial charge on any atom is -0.488 e. The van der Waals surface area contributed by atoms with Gasteiger partial charge in [-0.15, -0.1) is 0 Å². The minimum absolute atomic E-state index is 0.166. The highest BCUT2D eigenvalue weighted by molar-refractivity contribution is 9.10. The highest BCUT2D eigenvalue weighted by atomic mass is 79.9. The van der Waals surface area contributed by atoms with Crippen LogP contribution in [-0.2, 0) is 16.2 Å². The lowest BCUT2D eigenvalue weighted by Crippen LogP contribution is -2.54. The molecule has 8 heteroatoms. The van der Waals surface area contributed by atoms with Crippen molar-refractivity contribution in [2.45, 2.75) is 27.4 Å². The lowest BCUT2D eigenvalue weighted by Gasteiger charge is -2.27. The van der Waals surface area contributed by atoms with E-state index in [4.69, 9.17) is 4.74 Å². The molecule has 0 spiro atoms. The van der Waals surface area contributed by atoms with Crippen LogP contribution in [0.4, 0.5) is 10.5 Å². The van der Waals surface area contributed by atoms with E-state index in [2.05, 4.69) is 50.2 Å². The van der Waals surface area contributed by atoms with E-state index in [0.717, 1.165) is 19.4 Å². The van der Waals surface area contributed by atoms with Crippen LogP contribution >= 0.6 is 31.9 Å². The van der Waals surface area contributed by atoms with Gasteiger partial charge in [-0.1, -0.05) is 50.1 Å². The summed E-state index contributed by atoms with van der Waals surface area (Å²) < 4.78 is 7.62. The summed E-state index contributed by atoms with van der Waals surface area (Å²) in [6.07, 6.45) is 1.45. The van der Waals surface area contributed by atoms with E-state index >= 15 is 0 Å². The van der Waals surface area contributed by atoms with Crippen molar-refractivity contribution in [1.82, 2.24) is 5.32 Å². The van der Waals surface area contributed by atoms with Gasteiger partial charge in [-0.25, -0.2) is 9.69 Å². The average molecular weight is 598 g/mol. The molecule has 1 saturated heterocycles. The number of imide groups is 2. The van der Waals surface area contributed by atoms with Gasteiger partial charge in [0.2, 0.25) is 0 Å². The van der Waals surface area contributed by atoms with E-state index < -0.39 is 17.8 Å². The van der Waals surface area contributed by atoms with Gasteiger partial charge in [0.05, 0.1) is 5.69 Å². The first kappa shape index (κ1) is 24.9. The maximum Gasteiger partial charge on any atom is 0.335 e. The van der Waals surface area contributed by atoms with Crippen LogP contribution in [0.1, 0.15) is 27.8 Å². The second kappa shape index (κ2) is 10.2. The molecule has 0 bridgehead atoms. The van der Waals surface area contributed by atoms with Gasteiger partial charge in [-0.05, 0) is 85.5 Å². The standard InChI is InChI=1S/C27H22Br2N2O4/c1-15-4-5-18(10-16(15)2)14-35-24-9-7-21(29)12-19(24)13-22-25(32)30-27(34)31(26(22)33)23-8-6-20(28)11-17(23)3/h4-13H,14H2,1-3H3,(H,30,32,34)/b22-13-. The molecule has 3 aromatic rings. The Kier molecular flexibility index (Phi) is 7.23. The molecule has 0 atom stereocenters. The minimum atomic E-state index is -0.789. The van der Waals surface area contributed by atoms with Crippen molar-refractivity contribution in [1.29, 1.82) is 0 Å². The Hall–Kier alpha value is -3.23. The Morgan fingerprint density at radius 3 is 2.29 bits per heavy atom. The third-order valence-electron chi connectivity index (χ3n) is 5.74. The molecular formula is C27H22Br2N2O4. The van der Waals surface area contributed by atoms with E-state index in [1.54, 1.807) is 37.3 Å². The van der Waals surface area contributed by atoms with Crippen LogP contribution in [0.5, 0.6) is 5.75 Å². The predicted octanol–water partition coefficient (Wildman–Crippen LogP) is 6.38. The number of nitrogens with one attached hydrogen (secondary N) is 1. The van der Waals surface area contributed by atoms with Crippen LogP contribution in [0.25, 0.3) is 6.08 Å². The molecule has 1 aliphatic rings. The first-order chi connectivity index (χ1) is 16.6. The zero-order valence-electron chi connectivity index (χ0n) is 19.3. The Balaban J connectivity index is 1.68. The van der Waals surface area contributed by atoms with E-state index in [1.165, 1.54) is 17.2 Å². The van der Waals surface area contributed by atoms with Crippen molar-refractivity contribution in [3.63, 3.8) is 0 Å². The number of benzene rings is 3. The maximum atomic E-state index is 13.3. The summed E-state index contributed by atoms with van der Waals surface area (Å²) in [7, 11) is 0. The van der Waals surface area contributed by atoms with E-state index in [-0.39, 0.29) is 5.57 Å². The maximum absolute atomic E-state index is 13.3. The van der Waals surface area contributed by atoms with Crippen LogP contribution in [-0.4, -0.2) is 17.8 Å². The average Bonchev–Trinajstić information content (AvgIpc) is 2.79. The first-order valence-electron chi connectivity index (χ1n) is 10.8. The van der Waals surface area contributed by atoms with Gasteiger partial charge >= 0.3 is 6.03 Å². The monoisotopic (exact) mass is 596 g/mol. The second-order valence-corrected chi connectivity index (χ2v) is 10.1. The SMILES string of the molecule is Cc1ccc(COc2ccc(Br)cc2/C=C2/C(=O)NC(=O)N(c3ccc(Br)cc3C)C2=O)cc1C. The lowest BCUT2D eigenvalue weighted by atomic mass is 10.0. The number of carbonyl (C=O) groups is 3. The first-order valence-corrected chi connectivity index (χ1v) is 12.4. The molecule has 0 aromatic heterocycles. The largest absolute Gasteiger partial charge is 0.488 e. The summed E-state index contributed by atoms with van der Waals surface area (Å²) in [4.78, 5) is 39.6. The third-order valence-corrected chi connectivity index (χ3v) is 6.73. The number of amides is 4. The van der Waals surface area contributed by atoms with Crippen molar-refractivity contribution in [3.05, 3.63) is 96.9 Å². The Bertz CT molecular complexity index is 1400. The Labute approximate surface area is 220 Å². The Morgan fingerprint density at radius 1 is 0.857 bits per heavy atom. The molecule has 3 aromatic carbocycles. The number of urea groups is 1. The summed E-state index contributed by atoms with van der Waals surface area (Å²) in [6.45, 7) is 6.20. The van der Waals surface area contributed by atoms with Gasteiger partial charge in [0.15, 0.2) is 0 Å². The van der Waals surface area contributed by atoms with Crippen molar-refractivity contribution < 1.29 is 19.1 Å². The molecular weight excluding hydrogens is 576 g/mol. The zero-order valence-corrected chi connectivity index (χ0v) is 22.5. The number of barbiturate groups is 1. The molecule has 0 unspecified atom stereocenters.